The molecular weight excluding hydrogens is 266 g/mol. The molecule has 0 amide bonds. The van der Waals surface area contributed by atoms with Gasteiger partial charge in [0, 0.05) is 12.2 Å². The molecule has 108 valence electrons. The zero-order chi connectivity index (χ0) is 15.2. The van der Waals surface area contributed by atoms with Crippen molar-refractivity contribution in [2.45, 2.75) is 0 Å². The summed E-state index contributed by atoms with van der Waals surface area (Å²) >= 11 is 0. The zero-order valence-electron chi connectivity index (χ0n) is 12.5. The molecule has 0 aliphatic rings. The summed E-state index contributed by atoms with van der Waals surface area (Å²) in [4.78, 5) is 0. The van der Waals surface area contributed by atoms with Crippen molar-refractivity contribution < 1.29 is 0 Å². The molecule has 0 fully saturated rings. The molecule has 0 radical (unpaired) electrons. The van der Waals surface area contributed by atoms with Crippen LogP contribution in [0.5, 0.6) is 0 Å². The maximum Gasteiger partial charge on any atom is 0.0343 e. The zero-order valence-corrected chi connectivity index (χ0v) is 12.5. The fourth-order valence-electron chi connectivity index (χ4n) is 2.46. The highest BCUT2D eigenvalue weighted by Gasteiger charge is 2.00. The lowest BCUT2D eigenvalue weighted by atomic mass is 10.0. The largest absolute Gasteiger partial charge is 0.382 e. The van der Waals surface area contributed by atoms with Crippen molar-refractivity contribution in [1.82, 2.24) is 0 Å². The highest BCUT2D eigenvalue weighted by Crippen LogP contribution is 2.25. The van der Waals surface area contributed by atoms with E-state index in [-0.39, 0.29) is 0 Å². The summed E-state index contributed by atoms with van der Waals surface area (Å²) in [5.74, 6) is 0. The van der Waals surface area contributed by atoms with Crippen LogP contribution in [0.3, 0.4) is 0 Å². The van der Waals surface area contributed by atoms with Crippen molar-refractivity contribution in [2.24, 2.45) is 0 Å². The highest BCUT2D eigenvalue weighted by molar-refractivity contribution is 5.71. The molecule has 0 saturated carbocycles. The molecular formula is C21H19N. The third kappa shape index (κ3) is 3.26. The average molecular weight is 285 g/mol. The molecule has 0 atom stereocenters. The van der Waals surface area contributed by atoms with Crippen LogP contribution in [0, 0.1) is 0 Å². The molecule has 0 bridgehead atoms. The van der Waals surface area contributed by atoms with Crippen LogP contribution in [0.2, 0.25) is 0 Å². The lowest BCUT2D eigenvalue weighted by Gasteiger charge is -2.07. The fraction of sp³-hybridized carbons (Fsp3) is 0.0476. The minimum absolute atomic E-state index is 0.783. The van der Waals surface area contributed by atoms with Crippen LogP contribution in [0.25, 0.3) is 22.3 Å². The van der Waals surface area contributed by atoms with E-state index in [0.29, 0.717) is 0 Å². The van der Waals surface area contributed by atoms with Gasteiger partial charge in [-0.05, 0) is 34.4 Å². The molecule has 3 rings (SSSR count). The topological polar surface area (TPSA) is 12.0 Å². The van der Waals surface area contributed by atoms with Crippen LogP contribution in [0.15, 0.2) is 91.5 Å². The Morgan fingerprint density at radius 1 is 0.636 bits per heavy atom. The van der Waals surface area contributed by atoms with E-state index in [2.05, 4.69) is 84.7 Å². The first-order valence-corrected chi connectivity index (χ1v) is 7.47. The Hall–Kier alpha value is -2.80. The SMILES string of the molecule is C=CCNc1ccc(-c2ccc(-c3ccccc3)cc2)cc1. The Bertz CT molecular complexity index is 725. The molecule has 0 heterocycles. The Morgan fingerprint density at radius 2 is 1.09 bits per heavy atom. The van der Waals surface area contributed by atoms with E-state index >= 15 is 0 Å². The molecule has 0 saturated heterocycles. The number of nitrogens with one attached hydrogen (secondary N) is 1. The Balaban J connectivity index is 1.79. The van der Waals surface area contributed by atoms with Crippen molar-refractivity contribution in [3.05, 3.63) is 91.5 Å². The molecule has 22 heavy (non-hydrogen) atoms. The van der Waals surface area contributed by atoms with Gasteiger partial charge in [0.05, 0.1) is 0 Å². The van der Waals surface area contributed by atoms with Crippen LogP contribution in [-0.2, 0) is 0 Å². The van der Waals surface area contributed by atoms with Gasteiger partial charge >= 0.3 is 0 Å². The van der Waals surface area contributed by atoms with E-state index in [9.17, 15) is 0 Å². The molecule has 1 nitrogen and oxygen atoms in total. The van der Waals surface area contributed by atoms with Crippen molar-refractivity contribution in [3.8, 4) is 22.3 Å². The van der Waals surface area contributed by atoms with Crippen LogP contribution in [0.4, 0.5) is 5.69 Å². The molecule has 0 spiro atoms. The average Bonchev–Trinajstić information content (AvgIpc) is 2.61. The number of rotatable bonds is 5. The van der Waals surface area contributed by atoms with Gasteiger partial charge in [-0.15, -0.1) is 6.58 Å². The van der Waals surface area contributed by atoms with E-state index in [0.717, 1.165) is 12.2 Å². The summed E-state index contributed by atoms with van der Waals surface area (Å²) in [5.41, 5.74) is 6.06. The normalized spacial score (nSPS) is 10.2. The van der Waals surface area contributed by atoms with Crippen LogP contribution in [0.1, 0.15) is 0 Å². The Labute approximate surface area is 132 Å². The standard InChI is InChI=1S/C21H19N/c1-2-16-22-21-14-12-20(13-15-21)19-10-8-18(9-11-19)17-6-4-3-5-7-17/h2-15,22H,1,16H2. The van der Waals surface area contributed by atoms with Gasteiger partial charge in [0.2, 0.25) is 0 Å². The predicted molar refractivity (Wildman–Crippen MR) is 96.0 cm³/mol. The van der Waals surface area contributed by atoms with E-state index in [1.807, 2.05) is 12.1 Å². The summed E-state index contributed by atoms with van der Waals surface area (Å²) in [6, 6.07) is 27.6. The third-order valence-corrected chi connectivity index (χ3v) is 3.66. The number of anilines is 1. The number of hydrogen-bond donors (Lipinski definition) is 1. The minimum Gasteiger partial charge on any atom is -0.382 e. The molecule has 1 N–H and O–H groups in total. The second-order valence-electron chi connectivity index (χ2n) is 5.19. The molecule has 1 heteroatoms. The van der Waals surface area contributed by atoms with Crippen LogP contribution in [-0.4, -0.2) is 6.54 Å². The highest BCUT2D eigenvalue weighted by atomic mass is 14.8. The molecule has 0 aliphatic carbocycles. The summed E-state index contributed by atoms with van der Waals surface area (Å²) in [6.45, 7) is 4.49. The van der Waals surface area contributed by atoms with Gasteiger partial charge in [0.1, 0.15) is 0 Å². The van der Waals surface area contributed by atoms with Gasteiger partial charge in [-0.25, -0.2) is 0 Å². The minimum atomic E-state index is 0.783. The number of hydrogen-bond acceptors (Lipinski definition) is 1. The van der Waals surface area contributed by atoms with Crippen LogP contribution >= 0.6 is 0 Å². The van der Waals surface area contributed by atoms with Gasteiger partial charge in [0.15, 0.2) is 0 Å². The lowest BCUT2D eigenvalue weighted by Crippen LogP contribution is -1.96. The van der Waals surface area contributed by atoms with E-state index < -0.39 is 0 Å². The first kappa shape index (κ1) is 14.2. The Kier molecular flexibility index (Phi) is 4.35. The van der Waals surface area contributed by atoms with Crippen molar-refractivity contribution >= 4 is 5.69 Å². The second kappa shape index (κ2) is 6.77. The number of benzene rings is 3. The maximum absolute atomic E-state index is 3.71. The summed E-state index contributed by atoms with van der Waals surface area (Å²) in [7, 11) is 0. The predicted octanol–water partition coefficient (Wildman–Crippen LogP) is 5.62. The van der Waals surface area contributed by atoms with Crippen LogP contribution < -0.4 is 5.32 Å². The Morgan fingerprint density at radius 3 is 1.59 bits per heavy atom. The molecule has 0 unspecified atom stereocenters. The van der Waals surface area contributed by atoms with Gasteiger partial charge in [0.25, 0.3) is 0 Å². The van der Waals surface area contributed by atoms with Crippen molar-refractivity contribution in [2.75, 3.05) is 11.9 Å². The quantitative estimate of drug-likeness (QED) is 0.600. The van der Waals surface area contributed by atoms with Gasteiger partial charge < -0.3 is 5.32 Å². The fourth-order valence-corrected chi connectivity index (χ4v) is 2.46. The molecule has 3 aromatic carbocycles. The third-order valence-electron chi connectivity index (χ3n) is 3.66. The smallest absolute Gasteiger partial charge is 0.0343 e. The van der Waals surface area contributed by atoms with Crippen molar-refractivity contribution in [1.29, 1.82) is 0 Å². The summed E-state index contributed by atoms with van der Waals surface area (Å²) < 4.78 is 0. The molecule has 0 aromatic heterocycles. The molecule has 0 aliphatic heterocycles. The van der Waals surface area contributed by atoms with Gasteiger partial charge in [-0.2, -0.15) is 0 Å². The van der Waals surface area contributed by atoms with E-state index in [4.69, 9.17) is 0 Å². The van der Waals surface area contributed by atoms with Gasteiger partial charge in [-0.1, -0.05) is 72.8 Å². The first-order valence-electron chi connectivity index (χ1n) is 7.47. The molecule has 3 aromatic rings. The second-order valence-corrected chi connectivity index (χ2v) is 5.19. The summed E-state index contributed by atoms with van der Waals surface area (Å²) in [6.07, 6.45) is 1.86. The lowest BCUT2D eigenvalue weighted by molar-refractivity contribution is 1.34. The van der Waals surface area contributed by atoms with E-state index in [1.165, 1.54) is 22.3 Å². The maximum atomic E-state index is 3.71. The first-order chi connectivity index (χ1) is 10.9. The van der Waals surface area contributed by atoms with Crippen molar-refractivity contribution in [3.63, 3.8) is 0 Å². The summed E-state index contributed by atoms with van der Waals surface area (Å²) in [5, 5.41) is 3.29. The monoisotopic (exact) mass is 285 g/mol. The van der Waals surface area contributed by atoms with E-state index in [1.54, 1.807) is 0 Å². The van der Waals surface area contributed by atoms with Gasteiger partial charge in [-0.3, -0.25) is 0 Å².